The lowest BCUT2D eigenvalue weighted by molar-refractivity contribution is -0.186. The Morgan fingerprint density at radius 2 is 1.38 bits per heavy atom. The van der Waals surface area contributed by atoms with Crippen molar-refractivity contribution >= 4 is 16.0 Å². The van der Waals surface area contributed by atoms with Crippen molar-refractivity contribution in [3.63, 3.8) is 0 Å². The van der Waals surface area contributed by atoms with Crippen molar-refractivity contribution in [3.8, 4) is 0 Å². The number of hydrogen-bond acceptors (Lipinski definition) is 5. The van der Waals surface area contributed by atoms with Gasteiger partial charge >= 0.3 is 0 Å². The normalized spacial score (nSPS) is 33.3. The highest BCUT2D eigenvalue weighted by Gasteiger charge is 2.63. The first kappa shape index (κ1) is 38.2. The third-order valence-electron chi connectivity index (χ3n) is 14.8. The quantitative estimate of drug-likeness (QED) is 0.127. The van der Waals surface area contributed by atoms with Gasteiger partial charge < -0.3 is 15.2 Å². The first-order valence-electron chi connectivity index (χ1n) is 20.1. The van der Waals surface area contributed by atoms with E-state index in [1.807, 2.05) is 0 Å². The average molecular weight is 742 g/mol. The second kappa shape index (κ2) is 15.2. The van der Waals surface area contributed by atoms with Crippen molar-refractivity contribution in [2.75, 3.05) is 12.3 Å². The molecule has 3 aromatic rings. The van der Waals surface area contributed by atoms with Crippen molar-refractivity contribution < 1.29 is 27.6 Å². The van der Waals surface area contributed by atoms with Crippen LogP contribution in [0.15, 0.2) is 91.0 Å². The van der Waals surface area contributed by atoms with E-state index in [4.69, 9.17) is 9.29 Å². The molecule has 1 unspecified atom stereocenters. The van der Waals surface area contributed by atoms with Crippen LogP contribution in [0.2, 0.25) is 0 Å². The maximum atomic E-state index is 12.5. The number of aliphatic hydroxyl groups excluding tert-OH is 1. The van der Waals surface area contributed by atoms with E-state index in [1.165, 1.54) is 0 Å². The number of fused-ring (bicyclic) bond motifs is 5. The Balaban J connectivity index is 1.07. The molecule has 1 amide bonds. The van der Waals surface area contributed by atoms with Crippen LogP contribution in [0, 0.1) is 46.3 Å². The van der Waals surface area contributed by atoms with Crippen LogP contribution in [-0.4, -0.2) is 48.5 Å². The highest BCUT2D eigenvalue weighted by Crippen LogP contribution is 2.68. The SMILES string of the molecule is C[C@H](CCC(=O)NCCS(=O)(=O)O)[C@H]1CC[C@H]2[C@@H]3[C@@H](O)CC4C[C@H](OC(c5ccccc5)(c5ccccc5)c5ccccc5)CC[C@]4(C)[C@H]3CC[C@]12C. The fraction of sp³-hybridized carbons (Fsp3) is 0.578. The summed E-state index contributed by atoms with van der Waals surface area (Å²) in [5.74, 6) is 1.85. The zero-order valence-corrected chi connectivity index (χ0v) is 32.5. The molecule has 4 saturated carbocycles. The minimum atomic E-state index is -4.10. The van der Waals surface area contributed by atoms with Crippen LogP contribution in [0.4, 0.5) is 0 Å². The molecule has 10 atom stereocenters. The van der Waals surface area contributed by atoms with Gasteiger partial charge in [-0.25, -0.2) is 0 Å². The largest absolute Gasteiger partial charge is 0.393 e. The molecule has 8 heteroatoms. The molecule has 7 rings (SSSR count). The van der Waals surface area contributed by atoms with Gasteiger partial charge in [-0.3, -0.25) is 9.35 Å². The summed E-state index contributed by atoms with van der Waals surface area (Å²) in [6.45, 7) is 7.20. The topological polar surface area (TPSA) is 113 Å². The van der Waals surface area contributed by atoms with E-state index in [9.17, 15) is 18.3 Å². The second-order valence-electron chi connectivity index (χ2n) is 17.5. The molecule has 0 saturated heterocycles. The molecule has 53 heavy (non-hydrogen) atoms. The fourth-order valence-electron chi connectivity index (χ4n) is 12.2. The molecule has 7 nitrogen and oxygen atoms in total. The van der Waals surface area contributed by atoms with Crippen molar-refractivity contribution in [2.45, 2.75) is 103 Å². The van der Waals surface area contributed by atoms with Gasteiger partial charge in [0.05, 0.1) is 18.0 Å². The van der Waals surface area contributed by atoms with Gasteiger partial charge in [0.25, 0.3) is 10.1 Å². The van der Waals surface area contributed by atoms with Crippen LogP contribution in [0.5, 0.6) is 0 Å². The summed E-state index contributed by atoms with van der Waals surface area (Å²) in [6, 6.07) is 32.0. The highest BCUT2D eigenvalue weighted by atomic mass is 32.2. The average Bonchev–Trinajstić information content (AvgIpc) is 3.51. The van der Waals surface area contributed by atoms with Crippen LogP contribution >= 0.6 is 0 Å². The number of carbonyl (C=O) groups is 1. The Hall–Kier alpha value is -3.04. The van der Waals surface area contributed by atoms with E-state index in [-0.39, 0.29) is 35.5 Å². The molecule has 0 aliphatic heterocycles. The number of rotatable bonds is 12. The molecule has 4 fully saturated rings. The van der Waals surface area contributed by atoms with E-state index in [2.05, 4.69) is 117 Å². The van der Waals surface area contributed by atoms with Gasteiger partial charge in [-0.15, -0.1) is 0 Å². The lowest BCUT2D eigenvalue weighted by Gasteiger charge is -2.63. The third kappa shape index (κ3) is 7.38. The molecular weight excluding hydrogens is 683 g/mol. The van der Waals surface area contributed by atoms with Gasteiger partial charge in [0.2, 0.25) is 5.91 Å². The van der Waals surface area contributed by atoms with Crippen LogP contribution in [0.25, 0.3) is 0 Å². The van der Waals surface area contributed by atoms with Crippen LogP contribution in [0.3, 0.4) is 0 Å². The van der Waals surface area contributed by atoms with Gasteiger partial charge in [0, 0.05) is 13.0 Å². The number of hydrogen-bond donors (Lipinski definition) is 3. The fourth-order valence-corrected chi connectivity index (χ4v) is 12.6. The molecule has 0 heterocycles. The van der Waals surface area contributed by atoms with E-state index >= 15 is 0 Å². The third-order valence-corrected chi connectivity index (χ3v) is 15.5. The lowest BCUT2D eigenvalue weighted by atomic mass is 9.43. The predicted octanol–water partition coefficient (Wildman–Crippen LogP) is 8.41. The maximum Gasteiger partial charge on any atom is 0.266 e. The molecule has 4 aliphatic carbocycles. The molecule has 0 bridgehead atoms. The molecule has 286 valence electrons. The van der Waals surface area contributed by atoms with E-state index < -0.39 is 21.5 Å². The number of nitrogens with one attached hydrogen (secondary N) is 1. The first-order valence-corrected chi connectivity index (χ1v) is 21.7. The zero-order valence-electron chi connectivity index (χ0n) is 31.7. The zero-order chi connectivity index (χ0) is 37.4. The molecule has 3 aromatic carbocycles. The van der Waals surface area contributed by atoms with Crippen molar-refractivity contribution in [3.05, 3.63) is 108 Å². The first-order chi connectivity index (χ1) is 25.3. The molecule has 4 aliphatic rings. The molecular formula is C45H59NO6S. The number of benzene rings is 3. The van der Waals surface area contributed by atoms with Crippen LogP contribution in [0.1, 0.15) is 102 Å². The van der Waals surface area contributed by atoms with Gasteiger partial charge in [0.1, 0.15) is 5.60 Å². The number of amides is 1. The summed E-state index contributed by atoms with van der Waals surface area (Å²) in [5.41, 5.74) is 2.93. The second-order valence-corrected chi connectivity index (χ2v) is 19.0. The van der Waals surface area contributed by atoms with Gasteiger partial charge in [-0.1, -0.05) is 112 Å². The van der Waals surface area contributed by atoms with E-state index in [1.54, 1.807) is 0 Å². The maximum absolute atomic E-state index is 12.5. The number of ether oxygens (including phenoxy) is 1. The predicted molar refractivity (Wildman–Crippen MR) is 209 cm³/mol. The van der Waals surface area contributed by atoms with E-state index in [0.29, 0.717) is 41.9 Å². The Morgan fingerprint density at radius 1 is 0.830 bits per heavy atom. The Kier molecular flexibility index (Phi) is 11.0. The Labute approximate surface area is 317 Å². The lowest BCUT2D eigenvalue weighted by Crippen LogP contribution is -2.59. The molecule has 3 N–H and O–H groups in total. The number of carbonyl (C=O) groups excluding carboxylic acids is 1. The van der Waals surface area contributed by atoms with E-state index in [0.717, 1.165) is 74.5 Å². The Bertz CT molecular complexity index is 1710. The highest BCUT2D eigenvalue weighted by molar-refractivity contribution is 7.85. The van der Waals surface area contributed by atoms with Gasteiger partial charge in [-0.2, -0.15) is 8.42 Å². The smallest absolute Gasteiger partial charge is 0.266 e. The van der Waals surface area contributed by atoms with Crippen molar-refractivity contribution in [1.29, 1.82) is 0 Å². The number of aliphatic hydroxyl groups is 1. The van der Waals surface area contributed by atoms with Crippen LogP contribution < -0.4 is 5.32 Å². The van der Waals surface area contributed by atoms with Crippen molar-refractivity contribution in [1.82, 2.24) is 5.32 Å². The van der Waals surface area contributed by atoms with Crippen LogP contribution in [-0.2, 0) is 25.3 Å². The summed E-state index contributed by atoms with van der Waals surface area (Å²) in [5, 5.41) is 14.8. The summed E-state index contributed by atoms with van der Waals surface area (Å²) in [4.78, 5) is 12.5. The van der Waals surface area contributed by atoms with Gasteiger partial charge in [0.15, 0.2) is 0 Å². The summed E-state index contributed by atoms with van der Waals surface area (Å²) < 4.78 is 38.6. The molecule has 0 aromatic heterocycles. The molecule has 0 spiro atoms. The van der Waals surface area contributed by atoms with Gasteiger partial charge in [-0.05, 0) is 121 Å². The minimum absolute atomic E-state index is 0.0493. The minimum Gasteiger partial charge on any atom is -0.393 e. The molecule has 0 radical (unpaired) electrons. The summed E-state index contributed by atoms with van der Waals surface area (Å²) in [7, 11) is -4.10. The monoisotopic (exact) mass is 741 g/mol. The summed E-state index contributed by atoms with van der Waals surface area (Å²) >= 11 is 0. The van der Waals surface area contributed by atoms with Crippen molar-refractivity contribution in [2.24, 2.45) is 46.3 Å². The summed E-state index contributed by atoms with van der Waals surface area (Å²) in [6.07, 6.45) is 9.22. The standard InChI is InChI=1S/C45H59NO6S/c1-31(19-22-41(48)46-27-28-53(49,50)51)37-20-21-38-42-39(24-26-44(37,38)3)43(2)25-23-36(29-35(43)30-40(42)47)52-45(32-13-7-4-8-14-32,33-15-9-5-10-16-33)34-17-11-6-12-18-34/h4-18,31,35-40,42,47H,19-30H2,1-3H3,(H,46,48)(H,49,50,51)/t31-,35?,36-,37-,38+,39+,40+,42+,43+,44-/m1/s1. The Morgan fingerprint density at radius 3 is 1.94 bits per heavy atom.